The van der Waals surface area contributed by atoms with Crippen LogP contribution in [-0.2, 0) is 0 Å². The number of pyridine rings is 1. The van der Waals surface area contributed by atoms with Crippen LogP contribution in [0.15, 0.2) is 35.4 Å². The van der Waals surface area contributed by atoms with Crippen molar-refractivity contribution in [3.05, 3.63) is 52.2 Å². The average Bonchev–Trinajstić information content (AvgIpc) is 2.55. The lowest BCUT2D eigenvalue weighted by Gasteiger charge is -2.32. The fourth-order valence-electron chi connectivity index (χ4n) is 2.72. The number of anilines is 1. The zero-order valence-corrected chi connectivity index (χ0v) is 13.0. The molecule has 120 valence electrons. The lowest BCUT2D eigenvalue weighted by molar-refractivity contribution is 0.0931. The van der Waals surface area contributed by atoms with Crippen molar-refractivity contribution in [2.45, 2.75) is 25.8 Å². The summed E-state index contributed by atoms with van der Waals surface area (Å²) < 4.78 is 0. The molecule has 1 aliphatic rings. The molecule has 1 amide bonds. The van der Waals surface area contributed by atoms with Crippen molar-refractivity contribution in [1.29, 1.82) is 0 Å². The molecule has 0 aliphatic carbocycles. The van der Waals surface area contributed by atoms with Crippen LogP contribution in [0.2, 0.25) is 0 Å². The van der Waals surface area contributed by atoms with E-state index in [1.807, 2.05) is 4.90 Å². The Morgan fingerprint density at radius 1 is 1.30 bits per heavy atom. The van der Waals surface area contributed by atoms with Crippen LogP contribution in [-0.4, -0.2) is 40.0 Å². The van der Waals surface area contributed by atoms with Gasteiger partial charge in [0.1, 0.15) is 0 Å². The van der Waals surface area contributed by atoms with Gasteiger partial charge in [-0.05, 0) is 31.9 Å². The highest BCUT2D eigenvalue weighted by atomic mass is 16.1. The zero-order chi connectivity index (χ0) is 16.2. The summed E-state index contributed by atoms with van der Waals surface area (Å²) in [7, 11) is 0. The molecular weight excluding hydrogens is 294 g/mol. The van der Waals surface area contributed by atoms with E-state index in [9.17, 15) is 9.59 Å². The fourth-order valence-corrected chi connectivity index (χ4v) is 2.72. The molecule has 0 bridgehead atoms. The number of aromatic amines is 1. The van der Waals surface area contributed by atoms with E-state index in [0.717, 1.165) is 25.9 Å². The second-order valence-corrected chi connectivity index (χ2v) is 5.68. The van der Waals surface area contributed by atoms with Gasteiger partial charge in [-0.3, -0.25) is 19.6 Å². The van der Waals surface area contributed by atoms with Gasteiger partial charge in [0.15, 0.2) is 0 Å². The van der Waals surface area contributed by atoms with Gasteiger partial charge >= 0.3 is 0 Å². The maximum absolute atomic E-state index is 12.1. The molecule has 1 fully saturated rings. The van der Waals surface area contributed by atoms with E-state index in [1.54, 1.807) is 31.5 Å². The Labute approximate surface area is 133 Å². The lowest BCUT2D eigenvalue weighted by atomic mass is 10.0. The molecule has 7 nitrogen and oxygen atoms in total. The van der Waals surface area contributed by atoms with Crippen LogP contribution in [0, 0.1) is 6.92 Å². The number of amides is 1. The number of aromatic nitrogens is 3. The van der Waals surface area contributed by atoms with Crippen LogP contribution in [0.1, 0.15) is 28.9 Å². The highest BCUT2D eigenvalue weighted by Gasteiger charge is 2.22. The topological polar surface area (TPSA) is 91.0 Å². The first-order chi connectivity index (χ1) is 11.1. The third kappa shape index (κ3) is 3.74. The second-order valence-electron chi connectivity index (χ2n) is 5.68. The number of hydrogen-bond donors (Lipinski definition) is 2. The Bertz CT molecular complexity index is 736. The number of aryl methyl sites for hydroxylation is 1. The van der Waals surface area contributed by atoms with Crippen molar-refractivity contribution in [2.24, 2.45) is 0 Å². The smallest absolute Gasteiger partial charge is 0.252 e. The zero-order valence-electron chi connectivity index (χ0n) is 13.0. The van der Waals surface area contributed by atoms with E-state index < -0.39 is 0 Å². The normalized spacial score (nSPS) is 15.4. The molecule has 0 atom stereocenters. The summed E-state index contributed by atoms with van der Waals surface area (Å²) in [6.07, 6.45) is 4.84. The van der Waals surface area contributed by atoms with Gasteiger partial charge in [0, 0.05) is 48.8 Å². The Morgan fingerprint density at radius 2 is 2.00 bits per heavy atom. The van der Waals surface area contributed by atoms with Gasteiger partial charge in [0.05, 0.1) is 0 Å². The maximum Gasteiger partial charge on any atom is 0.252 e. The monoisotopic (exact) mass is 313 g/mol. The highest BCUT2D eigenvalue weighted by molar-refractivity contribution is 5.94. The molecular formula is C16H19N5O2. The Morgan fingerprint density at radius 3 is 2.65 bits per heavy atom. The van der Waals surface area contributed by atoms with E-state index in [0.29, 0.717) is 17.2 Å². The van der Waals surface area contributed by atoms with Gasteiger partial charge in [0.25, 0.3) is 11.5 Å². The Kier molecular flexibility index (Phi) is 4.36. The minimum absolute atomic E-state index is 0.0760. The van der Waals surface area contributed by atoms with E-state index in [2.05, 4.69) is 20.3 Å². The minimum atomic E-state index is -0.138. The predicted molar refractivity (Wildman–Crippen MR) is 86.5 cm³/mol. The summed E-state index contributed by atoms with van der Waals surface area (Å²) in [4.78, 5) is 36.8. The van der Waals surface area contributed by atoms with Crippen LogP contribution in [0.25, 0.3) is 0 Å². The van der Waals surface area contributed by atoms with Gasteiger partial charge in [-0.2, -0.15) is 0 Å². The van der Waals surface area contributed by atoms with Gasteiger partial charge in [-0.1, -0.05) is 0 Å². The number of H-pyrrole nitrogens is 1. The fraction of sp³-hybridized carbons (Fsp3) is 0.375. The number of piperidine rings is 1. The summed E-state index contributed by atoms with van der Waals surface area (Å²) in [5.74, 6) is 0.529. The molecule has 0 radical (unpaired) electrons. The van der Waals surface area contributed by atoms with E-state index in [1.165, 1.54) is 6.07 Å². The molecule has 2 aromatic heterocycles. The largest absolute Gasteiger partial charge is 0.349 e. The minimum Gasteiger partial charge on any atom is -0.349 e. The van der Waals surface area contributed by atoms with Crippen LogP contribution < -0.4 is 15.8 Å². The Hall–Kier alpha value is -2.70. The third-order valence-corrected chi connectivity index (χ3v) is 3.93. The van der Waals surface area contributed by atoms with Gasteiger partial charge in [0.2, 0.25) is 5.95 Å². The molecule has 0 saturated carbocycles. The van der Waals surface area contributed by atoms with Crippen molar-refractivity contribution in [3.8, 4) is 0 Å². The number of hydrogen-bond acceptors (Lipinski definition) is 5. The first-order valence-electron chi connectivity index (χ1n) is 7.65. The Balaban J connectivity index is 1.58. The number of carbonyl (C=O) groups is 1. The third-order valence-electron chi connectivity index (χ3n) is 3.93. The van der Waals surface area contributed by atoms with E-state index >= 15 is 0 Å². The number of carbonyl (C=O) groups excluding carboxylic acids is 1. The summed E-state index contributed by atoms with van der Waals surface area (Å²) in [5.41, 5.74) is 1.18. The number of nitrogens with one attached hydrogen (secondary N) is 2. The molecule has 7 heteroatoms. The summed E-state index contributed by atoms with van der Waals surface area (Å²) in [6, 6.07) is 5.01. The van der Waals surface area contributed by atoms with Crippen molar-refractivity contribution in [2.75, 3.05) is 18.0 Å². The molecule has 2 aromatic rings. The molecule has 23 heavy (non-hydrogen) atoms. The summed E-state index contributed by atoms with van der Waals surface area (Å²) >= 11 is 0. The van der Waals surface area contributed by atoms with Gasteiger partial charge in [-0.15, -0.1) is 0 Å². The maximum atomic E-state index is 12.1. The SMILES string of the molecule is Cc1cc(=O)[nH]c(N2CCC(NC(=O)c3ccncc3)CC2)n1. The predicted octanol–water partition coefficient (Wildman–Crippen LogP) is 0.872. The molecule has 0 aromatic carbocycles. The molecule has 3 rings (SSSR count). The summed E-state index contributed by atoms with van der Waals surface area (Å²) in [6.45, 7) is 3.29. The highest BCUT2D eigenvalue weighted by Crippen LogP contribution is 2.15. The van der Waals surface area contributed by atoms with Crippen LogP contribution in [0.5, 0.6) is 0 Å². The van der Waals surface area contributed by atoms with Crippen LogP contribution in [0.3, 0.4) is 0 Å². The van der Waals surface area contributed by atoms with Crippen LogP contribution >= 0.6 is 0 Å². The lowest BCUT2D eigenvalue weighted by Crippen LogP contribution is -2.45. The first-order valence-corrected chi connectivity index (χ1v) is 7.65. The van der Waals surface area contributed by atoms with Crippen molar-refractivity contribution in [3.63, 3.8) is 0 Å². The molecule has 1 saturated heterocycles. The quantitative estimate of drug-likeness (QED) is 0.877. The molecule has 2 N–H and O–H groups in total. The second kappa shape index (κ2) is 6.60. The van der Waals surface area contributed by atoms with Crippen molar-refractivity contribution >= 4 is 11.9 Å². The standard InChI is InChI=1S/C16H19N5O2/c1-11-10-14(22)20-16(18-11)21-8-4-13(5-9-21)19-15(23)12-2-6-17-7-3-12/h2-3,6-7,10,13H,4-5,8-9H2,1H3,(H,19,23)(H,18,20,22). The van der Waals surface area contributed by atoms with Crippen LogP contribution in [0.4, 0.5) is 5.95 Å². The van der Waals surface area contributed by atoms with E-state index in [-0.39, 0.29) is 17.5 Å². The van der Waals surface area contributed by atoms with Gasteiger partial charge < -0.3 is 10.2 Å². The molecule has 0 unspecified atom stereocenters. The van der Waals surface area contributed by atoms with E-state index in [4.69, 9.17) is 0 Å². The average molecular weight is 313 g/mol. The van der Waals surface area contributed by atoms with Crippen molar-refractivity contribution < 1.29 is 4.79 Å². The number of rotatable bonds is 3. The van der Waals surface area contributed by atoms with Gasteiger partial charge in [-0.25, -0.2) is 4.98 Å². The summed E-state index contributed by atoms with van der Waals surface area (Å²) in [5, 5.41) is 3.04. The molecule has 1 aliphatic heterocycles. The number of nitrogens with zero attached hydrogens (tertiary/aromatic N) is 3. The molecule has 3 heterocycles. The first kappa shape index (κ1) is 15.2. The molecule has 0 spiro atoms. The van der Waals surface area contributed by atoms with Crippen molar-refractivity contribution in [1.82, 2.24) is 20.3 Å².